The number of carboxylic acids is 1. The first-order valence-electron chi connectivity index (χ1n) is 6.22. The van der Waals surface area contributed by atoms with Gasteiger partial charge >= 0.3 is 5.97 Å². The molecule has 0 rings (SSSR count). The number of carboxylic acid groups (broad SMARTS) is 1. The molecule has 98 valence electrons. The van der Waals surface area contributed by atoms with Gasteiger partial charge in [-0.05, 0) is 6.42 Å². The van der Waals surface area contributed by atoms with E-state index in [2.05, 4.69) is 13.5 Å². The maximum atomic E-state index is 11.7. The van der Waals surface area contributed by atoms with Gasteiger partial charge in [-0.15, -0.1) is 6.58 Å². The zero-order chi connectivity index (χ0) is 13.1. The van der Waals surface area contributed by atoms with Crippen molar-refractivity contribution in [3.63, 3.8) is 0 Å². The summed E-state index contributed by atoms with van der Waals surface area (Å²) in [5.74, 6) is -1.07. The monoisotopic (exact) mass is 241 g/mol. The van der Waals surface area contributed by atoms with Gasteiger partial charge in [0.15, 0.2) is 0 Å². The predicted octanol–water partition coefficient (Wildman–Crippen LogP) is 2.45. The fraction of sp³-hybridized carbons (Fsp3) is 0.692. The Labute approximate surface area is 103 Å². The second-order valence-corrected chi connectivity index (χ2v) is 4.12. The average molecular weight is 241 g/mol. The summed E-state index contributed by atoms with van der Waals surface area (Å²) in [4.78, 5) is 23.6. The summed E-state index contributed by atoms with van der Waals surface area (Å²) in [6, 6.07) is 0. The lowest BCUT2D eigenvalue weighted by Crippen LogP contribution is -2.35. The molecule has 0 aromatic rings. The van der Waals surface area contributed by atoms with Crippen LogP contribution in [0.4, 0.5) is 0 Å². The molecule has 0 aliphatic carbocycles. The lowest BCUT2D eigenvalue weighted by molar-refractivity contribution is -0.144. The molecule has 0 heterocycles. The number of carbonyl (C=O) groups excluding carboxylic acids is 1. The maximum absolute atomic E-state index is 11.7. The summed E-state index contributed by atoms with van der Waals surface area (Å²) in [7, 11) is 0. The largest absolute Gasteiger partial charge is 0.480 e. The molecule has 1 N–H and O–H groups in total. The standard InChI is InChI=1S/C13H23NO3/c1-3-5-6-7-8-9-12(15)14(10-4-2)11-13(16)17/h4H,2-3,5-11H2,1H3,(H,16,17). The minimum atomic E-state index is -0.980. The van der Waals surface area contributed by atoms with Crippen LogP contribution in [0.3, 0.4) is 0 Å². The molecule has 0 aliphatic rings. The Morgan fingerprint density at radius 3 is 2.41 bits per heavy atom. The molecular formula is C13H23NO3. The van der Waals surface area contributed by atoms with Gasteiger partial charge in [0, 0.05) is 13.0 Å². The van der Waals surface area contributed by atoms with Crippen LogP contribution in [0.15, 0.2) is 12.7 Å². The molecule has 0 fully saturated rings. The van der Waals surface area contributed by atoms with E-state index < -0.39 is 5.97 Å². The quantitative estimate of drug-likeness (QED) is 0.472. The molecule has 0 aromatic carbocycles. The Morgan fingerprint density at radius 1 is 1.24 bits per heavy atom. The first-order valence-corrected chi connectivity index (χ1v) is 6.22. The van der Waals surface area contributed by atoms with Crippen molar-refractivity contribution in [3.05, 3.63) is 12.7 Å². The van der Waals surface area contributed by atoms with E-state index in [4.69, 9.17) is 5.11 Å². The van der Waals surface area contributed by atoms with E-state index in [1.165, 1.54) is 17.7 Å². The number of aliphatic carboxylic acids is 1. The van der Waals surface area contributed by atoms with E-state index >= 15 is 0 Å². The predicted molar refractivity (Wildman–Crippen MR) is 67.8 cm³/mol. The van der Waals surface area contributed by atoms with E-state index in [-0.39, 0.29) is 12.5 Å². The van der Waals surface area contributed by atoms with E-state index in [0.717, 1.165) is 19.3 Å². The average Bonchev–Trinajstić information content (AvgIpc) is 2.27. The Balaban J connectivity index is 3.88. The van der Waals surface area contributed by atoms with Gasteiger partial charge in [0.25, 0.3) is 0 Å². The Morgan fingerprint density at radius 2 is 1.88 bits per heavy atom. The molecule has 0 bridgehead atoms. The van der Waals surface area contributed by atoms with E-state index in [1.54, 1.807) is 6.08 Å². The number of nitrogens with zero attached hydrogens (tertiary/aromatic N) is 1. The van der Waals surface area contributed by atoms with Gasteiger partial charge in [-0.2, -0.15) is 0 Å². The molecule has 4 nitrogen and oxygen atoms in total. The van der Waals surface area contributed by atoms with Crippen molar-refractivity contribution in [2.24, 2.45) is 0 Å². The van der Waals surface area contributed by atoms with Gasteiger partial charge in [-0.25, -0.2) is 0 Å². The van der Waals surface area contributed by atoms with E-state index in [9.17, 15) is 9.59 Å². The van der Waals surface area contributed by atoms with Crippen molar-refractivity contribution in [3.8, 4) is 0 Å². The number of rotatable bonds is 10. The van der Waals surface area contributed by atoms with Crippen molar-refractivity contribution in [2.75, 3.05) is 13.1 Å². The lowest BCUT2D eigenvalue weighted by atomic mass is 10.1. The number of unbranched alkanes of at least 4 members (excludes halogenated alkanes) is 4. The van der Waals surface area contributed by atoms with Crippen LogP contribution in [0, 0.1) is 0 Å². The fourth-order valence-electron chi connectivity index (χ4n) is 1.61. The Bertz CT molecular complexity index is 251. The summed E-state index contributed by atoms with van der Waals surface area (Å²) in [6.45, 7) is 5.74. The van der Waals surface area contributed by atoms with Gasteiger partial charge in [0.2, 0.25) is 5.91 Å². The third-order valence-corrected chi connectivity index (χ3v) is 2.52. The second kappa shape index (κ2) is 9.87. The van der Waals surface area contributed by atoms with E-state index in [0.29, 0.717) is 13.0 Å². The molecule has 0 saturated heterocycles. The van der Waals surface area contributed by atoms with Gasteiger partial charge in [0.1, 0.15) is 6.54 Å². The summed E-state index contributed by atoms with van der Waals surface area (Å²) >= 11 is 0. The summed E-state index contributed by atoms with van der Waals surface area (Å²) in [5.41, 5.74) is 0. The zero-order valence-corrected chi connectivity index (χ0v) is 10.7. The van der Waals surface area contributed by atoms with E-state index in [1.807, 2.05) is 0 Å². The first-order chi connectivity index (χ1) is 8.11. The molecule has 0 saturated carbocycles. The highest BCUT2D eigenvalue weighted by Crippen LogP contribution is 2.07. The third kappa shape index (κ3) is 8.48. The molecule has 17 heavy (non-hydrogen) atoms. The van der Waals surface area contributed by atoms with Gasteiger partial charge in [-0.1, -0.05) is 38.7 Å². The molecule has 0 aliphatic heterocycles. The Kier molecular flexibility index (Phi) is 9.11. The summed E-state index contributed by atoms with van der Waals surface area (Å²) in [5, 5.41) is 8.67. The van der Waals surface area contributed by atoms with Crippen LogP contribution < -0.4 is 0 Å². The molecule has 0 atom stereocenters. The number of hydrogen-bond donors (Lipinski definition) is 1. The smallest absolute Gasteiger partial charge is 0.323 e. The second-order valence-electron chi connectivity index (χ2n) is 4.12. The van der Waals surface area contributed by atoms with Crippen molar-refractivity contribution in [1.82, 2.24) is 4.90 Å². The van der Waals surface area contributed by atoms with Crippen LogP contribution in [0.25, 0.3) is 0 Å². The number of carbonyl (C=O) groups is 2. The SMILES string of the molecule is C=CCN(CC(=O)O)C(=O)CCCCCCC. The van der Waals surface area contributed by atoms with Crippen LogP contribution in [-0.2, 0) is 9.59 Å². The van der Waals surface area contributed by atoms with Crippen molar-refractivity contribution in [2.45, 2.75) is 45.4 Å². The Hall–Kier alpha value is -1.32. The minimum absolute atomic E-state index is 0.0937. The third-order valence-electron chi connectivity index (χ3n) is 2.52. The first kappa shape index (κ1) is 15.7. The highest BCUT2D eigenvalue weighted by atomic mass is 16.4. The summed E-state index contributed by atoms with van der Waals surface area (Å²) in [6.07, 6.45) is 7.38. The topological polar surface area (TPSA) is 57.6 Å². The van der Waals surface area contributed by atoms with Gasteiger partial charge in [0.05, 0.1) is 0 Å². The molecule has 0 aromatic heterocycles. The minimum Gasteiger partial charge on any atom is -0.480 e. The van der Waals surface area contributed by atoms with Gasteiger partial charge in [-0.3, -0.25) is 9.59 Å². The normalized spacial score (nSPS) is 9.94. The highest BCUT2D eigenvalue weighted by Gasteiger charge is 2.14. The molecule has 1 amide bonds. The fourth-order valence-corrected chi connectivity index (χ4v) is 1.61. The van der Waals surface area contributed by atoms with Crippen molar-refractivity contribution in [1.29, 1.82) is 0 Å². The molecule has 4 heteroatoms. The van der Waals surface area contributed by atoms with Crippen molar-refractivity contribution < 1.29 is 14.7 Å². The van der Waals surface area contributed by atoms with Crippen LogP contribution in [0.5, 0.6) is 0 Å². The van der Waals surface area contributed by atoms with Gasteiger partial charge < -0.3 is 10.0 Å². The lowest BCUT2D eigenvalue weighted by Gasteiger charge is -2.18. The molecule has 0 radical (unpaired) electrons. The summed E-state index contributed by atoms with van der Waals surface area (Å²) < 4.78 is 0. The molecule has 0 spiro atoms. The highest BCUT2D eigenvalue weighted by molar-refractivity contribution is 5.81. The van der Waals surface area contributed by atoms with Crippen molar-refractivity contribution >= 4 is 11.9 Å². The number of amides is 1. The van der Waals surface area contributed by atoms with Crippen LogP contribution in [0.1, 0.15) is 45.4 Å². The molecule has 0 unspecified atom stereocenters. The van der Waals surface area contributed by atoms with Crippen LogP contribution >= 0.6 is 0 Å². The maximum Gasteiger partial charge on any atom is 0.323 e. The molecular weight excluding hydrogens is 218 g/mol. The van der Waals surface area contributed by atoms with Crippen LogP contribution in [-0.4, -0.2) is 35.0 Å². The number of hydrogen-bond acceptors (Lipinski definition) is 2. The van der Waals surface area contributed by atoms with Crippen LogP contribution in [0.2, 0.25) is 0 Å². The zero-order valence-electron chi connectivity index (χ0n) is 10.7.